The smallest absolute Gasteiger partial charge is 0.365 e. The van der Waals surface area contributed by atoms with Gasteiger partial charge >= 0.3 is 6.18 Å². The summed E-state index contributed by atoms with van der Waals surface area (Å²) in [5.41, 5.74) is 1.06. The van der Waals surface area contributed by atoms with E-state index >= 15 is 0 Å². The molecule has 3 aliphatic heterocycles. The maximum absolute atomic E-state index is 14.5. The number of anilines is 2. The number of piperidine rings is 1. The largest absolute Gasteiger partial charge is 0.416 e. The van der Waals surface area contributed by atoms with Crippen molar-refractivity contribution in [3.8, 4) is 0 Å². The molecular formula is C27H32F4N4O. The first kappa shape index (κ1) is 24.9. The average molecular weight is 505 g/mol. The van der Waals surface area contributed by atoms with Crippen LogP contribution in [0, 0.1) is 11.7 Å². The number of hydrogen-bond acceptors (Lipinski definition) is 4. The quantitative estimate of drug-likeness (QED) is 0.616. The van der Waals surface area contributed by atoms with E-state index in [4.69, 9.17) is 0 Å². The molecule has 2 fully saturated rings. The Kier molecular flexibility index (Phi) is 7.10. The van der Waals surface area contributed by atoms with Crippen LogP contribution in [0.4, 0.5) is 28.9 Å². The Bertz CT molecular complexity index is 1090. The molecule has 2 atom stereocenters. The van der Waals surface area contributed by atoms with Gasteiger partial charge in [0.2, 0.25) is 5.91 Å². The molecule has 5 rings (SSSR count). The maximum Gasteiger partial charge on any atom is 0.416 e. The number of likely N-dealkylation sites (tertiary alicyclic amines) is 1. The van der Waals surface area contributed by atoms with E-state index in [1.807, 2.05) is 9.80 Å². The number of hydrogen-bond donors (Lipinski definition) is 1. The van der Waals surface area contributed by atoms with E-state index in [0.29, 0.717) is 37.4 Å². The zero-order valence-electron chi connectivity index (χ0n) is 20.2. The molecular weight excluding hydrogens is 472 g/mol. The summed E-state index contributed by atoms with van der Waals surface area (Å²) in [6, 6.07) is 10.1. The summed E-state index contributed by atoms with van der Waals surface area (Å²) in [7, 11) is 0. The first-order valence-corrected chi connectivity index (χ1v) is 12.8. The number of alkyl halides is 3. The van der Waals surface area contributed by atoms with Crippen molar-refractivity contribution in [2.45, 2.75) is 37.9 Å². The number of carbonyl (C=O) groups excluding carboxylic acids is 1. The molecule has 2 unspecified atom stereocenters. The van der Waals surface area contributed by atoms with Gasteiger partial charge in [0.1, 0.15) is 5.82 Å². The van der Waals surface area contributed by atoms with Crippen LogP contribution in [0.25, 0.3) is 0 Å². The van der Waals surface area contributed by atoms with Crippen LogP contribution in [0.3, 0.4) is 0 Å². The van der Waals surface area contributed by atoms with Gasteiger partial charge in [-0.2, -0.15) is 13.2 Å². The molecule has 0 spiro atoms. The molecule has 194 valence electrons. The lowest BCUT2D eigenvalue weighted by Crippen LogP contribution is -2.61. The highest BCUT2D eigenvalue weighted by Crippen LogP contribution is 2.40. The van der Waals surface area contributed by atoms with E-state index in [1.165, 1.54) is 24.6 Å². The fraction of sp³-hybridized carbons (Fsp3) is 0.519. The molecule has 0 aromatic heterocycles. The predicted octanol–water partition coefficient (Wildman–Crippen LogP) is 4.31. The molecule has 1 amide bonds. The zero-order valence-corrected chi connectivity index (χ0v) is 20.2. The summed E-state index contributed by atoms with van der Waals surface area (Å²) < 4.78 is 54.8. The molecule has 2 saturated heterocycles. The van der Waals surface area contributed by atoms with E-state index in [0.717, 1.165) is 44.2 Å². The van der Waals surface area contributed by atoms with Crippen molar-refractivity contribution in [2.75, 3.05) is 55.6 Å². The number of para-hydroxylation sites is 1. The van der Waals surface area contributed by atoms with Crippen molar-refractivity contribution in [3.05, 3.63) is 59.4 Å². The number of rotatable bonds is 5. The summed E-state index contributed by atoms with van der Waals surface area (Å²) in [5, 5.41) is 3.05. The Morgan fingerprint density at radius 2 is 1.75 bits per heavy atom. The Morgan fingerprint density at radius 1 is 0.972 bits per heavy atom. The van der Waals surface area contributed by atoms with Crippen molar-refractivity contribution >= 4 is 17.3 Å². The van der Waals surface area contributed by atoms with E-state index in [9.17, 15) is 22.4 Å². The van der Waals surface area contributed by atoms with Gasteiger partial charge in [0.15, 0.2) is 0 Å². The number of amides is 1. The van der Waals surface area contributed by atoms with Crippen LogP contribution < -0.4 is 15.1 Å². The number of piperazine rings is 1. The molecule has 0 bridgehead atoms. The van der Waals surface area contributed by atoms with Gasteiger partial charge in [0.05, 0.1) is 23.2 Å². The Balaban J connectivity index is 1.38. The molecule has 3 heterocycles. The minimum Gasteiger partial charge on any atom is -0.365 e. The zero-order chi connectivity index (χ0) is 25.3. The molecule has 3 aliphatic rings. The first-order valence-electron chi connectivity index (χ1n) is 12.8. The van der Waals surface area contributed by atoms with Crippen molar-refractivity contribution in [2.24, 2.45) is 5.92 Å². The Hall–Kier alpha value is -2.81. The van der Waals surface area contributed by atoms with Gasteiger partial charge in [-0.3, -0.25) is 4.79 Å². The molecule has 0 aliphatic carbocycles. The second-order valence-corrected chi connectivity index (χ2v) is 10.0. The lowest BCUT2D eigenvalue weighted by molar-refractivity contribution is -0.137. The maximum atomic E-state index is 14.5. The van der Waals surface area contributed by atoms with Crippen LogP contribution >= 0.6 is 0 Å². The van der Waals surface area contributed by atoms with Crippen LogP contribution in [-0.4, -0.2) is 62.7 Å². The van der Waals surface area contributed by atoms with E-state index in [2.05, 4.69) is 10.2 Å². The van der Waals surface area contributed by atoms with Crippen LogP contribution in [0.1, 0.15) is 30.4 Å². The summed E-state index contributed by atoms with van der Waals surface area (Å²) in [6.07, 6.45) is -0.654. The minimum atomic E-state index is -4.44. The third-order valence-corrected chi connectivity index (χ3v) is 7.74. The van der Waals surface area contributed by atoms with Crippen LogP contribution in [-0.2, 0) is 17.4 Å². The van der Waals surface area contributed by atoms with Gasteiger partial charge in [0.25, 0.3) is 0 Å². The SMILES string of the molecule is O=C(NCCN1CCCCC1)C1Cc2cc(C(F)(F)F)ccc2N2CCN(c3ccccc3F)CC12. The second kappa shape index (κ2) is 10.3. The summed E-state index contributed by atoms with van der Waals surface area (Å²) in [6.45, 7) is 4.76. The van der Waals surface area contributed by atoms with Crippen molar-refractivity contribution in [1.29, 1.82) is 0 Å². The van der Waals surface area contributed by atoms with Crippen molar-refractivity contribution in [1.82, 2.24) is 10.2 Å². The molecule has 5 nitrogen and oxygen atoms in total. The number of nitrogens with one attached hydrogen (secondary N) is 1. The number of nitrogens with zero attached hydrogens (tertiary/aromatic N) is 3. The summed E-state index contributed by atoms with van der Waals surface area (Å²) in [5.74, 6) is -1.00. The Labute approximate surface area is 209 Å². The monoisotopic (exact) mass is 504 g/mol. The van der Waals surface area contributed by atoms with E-state index < -0.39 is 17.7 Å². The van der Waals surface area contributed by atoms with Crippen LogP contribution in [0.15, 0.2) is 42.5 Å². The van der Waals surface area contributed by atoms with Crippen LogP contribution in [0.5, 0.6) is 0 Å². The molecule has 2 aromatic carbocycles. The number of benzene rings is 2. The standard InChI is InChI=1S/C27H32F4N4O/c28-22-6-2-3-7-24(22)34-14-15-35-23-9-8-20(27(29,30)31)16-19(23)17-21(25(35)18-34)26(36)32-10-13-33-11-4-1-5-12-33/h2-3,6-9,16,21,25H,1,4-5,10-15,17-18H2,(H,32,36). The highest BCUT2D eigenvalue weighted by atomic mass is 19.4. The predicted molar refractivity (Wildman–Crippen MR) is 132 cm³/mol. The van der Waals surface area contributed by atoms with Gasteiger partial charge in [-0.25, -0.2) is 4.39 Å². The van der Waals surface area contributed by atoms with Crippen molar-refractivity contribution < 1.29 is 22.4 Å². The van der Waals surface area contributed by atoms with Gasteiger partial charge in [-0.05, 0) is 68.2 Å². The summed E-state index contributed by atoms with van der Waals surface area (Å²) in [4.78, 5) is 19.8. The molecule has 0 radical (unpaired) electrons. The minimum absolute atomic E-state index is 0.152. The normalized spacial score (nSPS) is 22.7. The van der Waals surface area contributed by atoms with Crippen LogP contribution in [0.2, 0.25) is 0 Å². The third-order valence-electron chi connectivity index (χ3n) is 7.74. The lowest BCUT2D eigenvalue weighted by atomic mass is 9.82. The fourth-order valence-electron chi connectivity index (χ4n) is 5.88. The van der Waals surface area contributed by atoms with Gasteiger partial charge < -0.3 is 20.0 Å². The first-order chi connectivity index (χ1) is 17.3. The molecule has 2 aromatic rings. The lowest BCUT2D eigenvalue weighted by Gasteiger charge is -2.49. The molecule has 0 saturated carbocycles. The molecule has 9 heteroatoms. The number of carbonyl (C=O) groups is 1. The Morgan fingerprint density at radius 3 is 2.50 bits per heavy atom. The third kappa shape index (κ3) is 5.16. The van der Waals surface area contributed by atoms with Gasteiger partial charge in [-0.15, -0.1) is 0 Å². The molecule has 1 N–H and O–H groups in total. The second-order valence-electron chi connectivity index (χ2n) is 10.0. The fourth-order valence-corrected chi connectivity index (χ4v) is 5.88. The molecule has 36 heavy (non-hydrogen) atoms. The number of halogens is 4. The number of fused-ring (bicyclic) bond motifs is 3. The van der Waals surface area contributed by atoms with Crippen molar-refractivity contribution in [3.63, 3.8) is 0 Å². The highest BCUT2D eigenvalue weighted by Gasteiger charge is 2.43. The summed E-state index contributed by atoms with van der Waals surface area (Å²) >= 11 is 0. The van der Waals surface area contributed by atoms with Gasteiger partial charge in [0, 0.05) is 38.4 Å². The topological polar surface area (TPSA) is 38.8 Å². The van der Waals surface area contributed by atoms with Gasteiger partial charge in [-0.1, -0.05) is 18.6 Å². The highest BCUT2D eigenvalue weighted by molar-refractivity contribution is 5.82. The van der Waals surface area contributed by atoms with E-state index in [1.54, 1.807) is 18.2 Å². The average Bonchev–Trinajstić information content (AvgIpc) is 2.88. The van der Waals surface area contributed by atoms with E-state index in [-0.39, 0.29) is 24.2 Å².